The second-order valence-electron chi connectivity index (χ2n) is 8.13. The molecular formula is C27H34N4O6. The highest BCUT2D eigenvalue weighted by Crippen LogP contribution is 2.31. The third-order valence-corrected chi connectivity index (χ3v) is 5.20. The van der Waals surface area contributed by atoms with E-state index in [1.807, 2.05) is 19.9 Å². The maximum Gasteiger partial charge on any atom is 0.256 e. The van der Waals surface area contributed by atoms with Gasteiger partial charge in [-0.1, -0.05) is 30.3 Å². The van der Waals surface area contributed by atoms with Gasteiger partial charge in [0.2, 0.25) is 0 Å². The quantitative estimate of drug-likeness (QED) is 0.132. The molecule has 2 aromatic carbocycles. The summed E-state index contributed by atoms with van der Waals surface area (Å²) in [5.41, 5.74) is 7.89. The number of furan rings is 1. The van der Waals surface area contributed by atoms with Crippen molar-refractivity contribution in [2.24, 2.45) is 11.6 Å². The molecule has 1 aromatic heterocycles. The summed E-state index contributed by atoms with van der Waals surface area (Å²) in [5, 5.41) is 19.4. The monoisotopic (exact) mass is 510 g/mol. The van der Waals surface area contributed by atoms with Crippen LogP contribution in [0.5, 0.6) is 5.75 Å². The molecule has 1 unspecified atom stereocenters. The zero-order chi connectivity index (χ0) is 27.4. The van der Waals surface area contributed by atoms with Crippen molar-refractivity contribution in [1.29, 1.82) is 0 Å². The van der Waals surface area contributed by atoms with Gasteiger partial charge in [-0.05, 0) is 44.2 Å². The maximum atomic E-state index is 13.4. The van der Waals surface area contributed by atoms with Crippen molar-refractivity contribution < 1.29 is 29.0 Å². The lowest BCUT2D eigenvalue weighted by atomic mass is 10.1. The molecule has 0 bridgehead atoms. The van der Waals surface area contributed by atoms with Crippen LogP contribution in [0.15, 0.2) is 83.2 Å². The van der Waals surface area contributed by atoms with Gasteiger partial charge in [0.15, 0.2) is 6.23 Å². The third kappa shape index (κ3) is 7.94. The van der Waals surface area contributed by atoms with E-state index in [4.69, 9.17) is 25.8 Å². The first-order chi connectivity index (χ1) is 17.8. The van der Waals surface area contributed by atoms with Crippen molar-refractivity contribution >= 4 is 12.2 Å². The van der Waals surface area contributed by atoms with E-state index in [1.165, 1.54) is 11.1 Å². The van der Waals surface area contributed by atoms with Gasteiger partial charge in [-0.15, -0.1) is 0 Å². The lowest BCUT2D eigenvalue weighted by Crippen LogP contribution is -2.40. The number of aliphatic hydroxyl groups excluding tert-OH is 2. The predicted octanol–water partition coefficient (Wildman–Crippen LogP) is 2.65. The first-order valence-electron chi connectivity index (χ1n) is 11.5. The Bertz CT molecular complexity index is 1150. The third-order valence-electron chi connectivity index (χ3n) is 5.20. The summed E-state index contributed by atoms with van der Waals surface area (Å²) < 4.78 is 11.2. The Labute approximate surface area is 216 Å². The van der Waals surface area contributed by atoms with E-state index in [-0.39, 0.29) is 30.8 Å². The smallest absolute Gasteiger partial charge is 0.256 e. The predicted molar refractivity (Wildman–Crippen MR) is 140 cm³/mol. The number of ether oxygens (including phenoxy) is 1. The first-order valence-corrected chi connectivity index (χ1v) is 11.5. The molecule has 6 N–H and O–H groups in total. The number of benzene rings is 2. The summed E-state index contributed by atoms with van der Waals surface area (Å²) in [5.74, 6) is 6.36. The number of hydrazine groups is 1. The molecule has 0 aliphatic heterocycles. The molecule has 3 aromatic rings. The summed E-state index contributed by atoms with van der Waals surface area (Å²) in [4.78, 5) is 25.3. The van der Waals surface area contributed by atoms with Crippen LogP contribution in [0.25, 0.3) is 11.3 Å². The SMILES string of the molecule is CC(C)N(C(=O)c1ccc(-c2ccco2)cc1)C(O)c1ccccc1OC/C(N)=C/N(N)CC=O.CO. The van der Waals surface area contributed by atoms with Crippen molar-refractivity contribution in [2.45, 2.75) is 26.1 Å². The number of para-hydroxylation sites is 1. The fraction of sp³-hybridized carbons (Fsp3) is 0.259. The number of nitrogens with zero attached hydrogens (tertiary/aromatic N) is 2. The number of rotatable bonds is 11. The van der Waals surface area contributed by atoms with E-state index in [2.05, 4.69) is 0 Å². The molecule has 1 amide bonds. The number of hydrogen-bond donors (Lipinski definition) is 4. The van der Waals surface area contributed by atoms with Crippen LogP contribution >= 0.6 is 0 Å². The highest BCUT2D eigenvalue weighted by atomic mass is 16.5. The Morgan fingerprint density at radius 1 is 1.08 bits per heavy atom. The Morgan fingerprint density at radius 2 is 1.76 bits per heavy atom. The number of aldehydes is 1. The summed E-state index contributed by atoms with van der Waals surface area (Å²) >= 11 is 0. The van der Waals surface area contributed by atoms with Gasteiger partial charge in [-0.3, -0.25) is 4.79 Å². The van der Waals surface area contributed by atoms with Crippen molar-refractivity contribution in [3.05, 3.63) is 90.0 Å². The van der Waals surface area contributed by atoms with Crippen molar-refractivity contribution in [1.82, 2.24) is 9.91 Å². The Kier molecular flexibility index (Phi) is 11.4. The summed E-state index contributed by atoms with van der Waals surface area (Å²) in [6.45, 7) is 3.61. The van der Waals surface area contributed by atoms with E-state index in [9.17, 15) is 14.7 Å². The molecule has 0 aliphatic rings. The van der Waals surface area contributed by atoms with Crippen LogP contribution in [-0.4, -0.2) is 58.6 Å². The van der Waals surface area contributed by atoms with Gasteiger partial charge in [-0.25, -0.2) is 5.84 Å². The summed E-state index contributed by atoms with van der Waals surface area (Å²) in [7, 11) is 1.00. The van der Waals surface area contributed by atoms with Crippen molar-refractivity contribution in [3.63, 3.8) is 0 Å². The van der Waals surface area contributed by atoms with Crippen molar-refractivity contribution in [3.8, 4) is 17.1 Å². The van der Waals surface area contributed by atoms with Gasteiger partial charge >= 0.3 is 0 Å². The fourth-order valence-corrected chi connectivity index (χ4v) is 3.52. The topological polar surface area (TPSA) is 155 Å². The lowest BCUT2D eigenvalue weighted by Gasteiger charge is -2.32. The van der Waals surface area contributed by atoms with Crippen LogP contribution in [0.4, 0.5) is 0 Å². The number of aliphatic hydroxyl groups is 2. The molecule has 10 heteroatoms. The maximum absolute atomic E-state index is 13.4. The largest absolute Gasteiger partial charge is 0.487 e. The lowest BCUT2D eigenvalue weighted by molar-refractivity contribution is -0.108. The second-order valence-corrected chi connectivity index (χ2v) is 8.13. The van der Waals surface area contributed by atoms with Crippen LogP contribution in [0.1, 0.15) is 36.0 Å². The first kappa shape index (κ1) is 29.1. The van der Waals surface area contributed by atoms with Crippen molar-refractivity contribution in [2.75, 3.05) is 20.3 Å². The van der Waals surface area contributed by atoms with Gasteiger partial charge in [-0.2, -0.15) is 0 Å². The molecule has 37 heavy (non-hydrogen) atoms. The number of amides is 1. The molecule has 1 atom stereocenters. The fourth-order valence-electron chi connectivity index (χ4n) is 3.52. The molecule has 3 rings (SSSR count). The molecule has 0 aliphatic carbocycles. The van der Waals surface area contributed by atoms with Gasteiger partial charge in [0, 0.05) is 36.0 Å². The zero-order valence-electron chi connectivity index (χ0n) is 21.2. The van der Waals surface area contributed by atoms with Crippen LogP contribution in [-0.2, 0) is 4.79 Å². The molecule has 10 nitrogen and oxygen atoms in total. The molecule has 198 valence electrons. The highest BCUT2D eigenvalue weighted by Gasteiger charge is 2.29. The summed E-state index contributed by atoms with van der Waals surface area (Å²) in [6, 6.07) is 17.2. The molecule has 0 saturated carbocycles. The van der Waals surface area contributed by atoms with E-state index in [1.54, 1.807) is 60.9 Å². The molecular weight excluding hydrogens is 476 g/mol. The minimum atomic E-state index is -1.27. The molecule has 0 fully saturated rings. The Morgan fingerprint density at radius 3 is 2.35 bits per heavy atom. The number of nitrogens with two attached hydrogens (primary N) is 2. The standard InChI is InChI=1S/C26H30N4O5.CH4O/c1-18(2)30(25(32)20-11-9-19(10-12-20)23-8-5-15-34-23)26(33)22-6-3-4-7-24(22)35-17-21(27)16-29(28)13-14-31;1-2/h3-12,14-16,18,26,33H,13,17,27-28H2,1-2H3;2H,1H3/b21-16-;. The number of hydrogen-bond acceptors (Lipinski definition) is 9. The molecule has 1 heterocycles. The average Bonchev–Trinajstić information content (AvgIpc) is 3.44. The minimum Gasteiger partial charge on any atom is -0.487 e. The van der Waals surface area contributed by atoms with Crippen LogP contribution in [0, 0.1) is 0 Å². The van der Waals surface area contributed by atoms with E-state index < -0.39 is 6.23 Å². The second kappa shape index (κ2) is 14.4. The number of carbonyl (C=O) groups is 2. The average molecular weight is 511 g/mol. The van der Waals surface area contributed by atoms with Gasteiger partial charge < -0.3 is 39.8 Å². The zero-order valence-corrected chi connectivity index (χ0v) is 21.2. The van der Waals surface area contributed by atoms with Crippen LogP contribution in [0.2, 0.25) is 0 Å². The molecule has 0 radical (unpaired) electrons. The number of carbonyl (C=O) groups excluding carboxylic acids is 2. The Hall–Kier alpha value is -4.12. The van der Waals surface area contributed by atoms with E-state index in [0.29, 0.717) is 28.9 Å². The van der Waals surface area contributed by atoms with E-state index >= 15 is 0 Å². The molecule has 0 spiro atoms. The van der Waals surface area contributed by atoms with E-state index in [0.717, 1.165) is 17.7 Å². The van der Waals surface area contributed by atoms with Gasteiger partial charge in [0.25, 0.3) is 5.91 Å². The van der Waals surface area contributed by atoms with Crippen LogP contribution < -0.4 is 16.3 Å². The van der Waals surface area contributed by atoms with Gasteiger partial charge in [0.1, 0.15) is 24.4 Å². The van der Waals surface area contributed by atoms with Gasteiger partial charge in [0.05, 0.1) is 18.5 Å². The van der Waals surface area contributed by atoms with Crippen LogP contribution in [0.3, 0.4) is 0 Å². The summed E-state index contributed by atoms with van der Waals surface area (Å²) in [6.07, 6.45) is 2.36. The Balaban J connectivity index is 0.00000235. The minimum absolute atomic E-state index is 0.00997. The molecule has 0 saturated heterocycles. The normalized spacial score (nSPS) is 11.8. The highest BCUT2D eigenvalue weighted by molar-refractivity contribution is 5.95.